The minimum atomic E-state index is -0.903. The molecule has 0 unspecified atom stereocenters. The summed E-state index contributed by atoms with van der Waals surface area (Å²) in [5, 5.41) is 11.1. The van der Waals surface area contributed by atoms with E-state index < -0.39 is 5.97 Å². The predicted molar refractivity (Wildman–Crippen MR) is 68.0 cm³/mol. The molecule has 0 aliphatic carbocycles. The van der Waals surface area contributed by atoms with Crippen molar-refractivity contribution in [2.24, 2.45) is 0 Å². The summed E-state index contributed by atoms with van der Waals surface area (Å²) in [5.41, 5.74) is 1.37. The van der Waals surface area contributed by atoms with Crippen LogP contribution in [0.4, 0.5) is 0 Å². The van der Waals surface area contributed by atoms with Crippen molar-refractivity contribution in [2.45, 2.75) is 19.9 Å². The SMILES string of the molecule is Cc1ccn(Cc2nc(CC(=O)O)cs2)c(=O)c1. The van der Waals surface area contributed by atoms with E-state index in [1.165, 1.54) is 11.3 Å². The number of carboxylic acid groups (broad SMARTS) is 1. The summed E-state index contributed by atoms with van der Waals surface area (Å²) in [4.78, 5) is 26.4. The van der Waals surface area contributed by atoms with Crippen LogP contribution in [-0.2, 0) is 17.8 Å². The van der Waals surface area contributed by atoms with E-state index in [0.29, 0.717) is 12.2 Å². The molecule has 2 aromatic heterocycles. The van der Waals surface area contributed by atoms with Gasteiger partial charge in [0.2, 0.25) is 0 Å². The smallest absolute Gasteiger partial charge is 0.309 e. The van der Waals surface area contributed by atoms with Gasteiger partial charge in [-0.05, 0) is 18.6 Å². The fourth-order valence-corrected chi connectivity index (χ4v) is 2.33. The first-order valence-electron chi connectivity index (χ1n) is 5.37. The van der Waals surface area contributed by atoms with Crippen molar-refractivity contribution < 1.29 is 9.90 Å². The molecule has 94 valence electrons. The van der Waals surface area contributed by atoms with E-state index in [9.17, 15) is 9.59 Å². The summed E-state index contributed by atoms with van der Waals surface area (Å²) >= 11 is 1.37. The molecule has 0 amide bonds. The average molecular weight is 264 g/mol. The lowest BCUT2D eigenvalue weighted by molar-refractivity contribution is -0.136. The van der Waals surface area contributed by atoms with Gasteiger partial charge in [-0.3, -0.25) is 9.59 Å². The maximum absolute atomic E-state index is 11.7. The molecule has 6 heteroatoms. The van der Waals surface area contributed by atoms with Gasteiger partial charge in [0.25, 0.3) is 5.56 Å². The maximum atomic E-state index is 11.7. The molecule has 18 heavy (non-hydrogen) atoms. The number of aliphatic carboxylic acids is 1. The van der Waals surface area contributed by atoms with Crippen LogP contribution in [0.15, 0.2) is 28.5 Å². The molecule has 0 aliphatic heterocycles. The fourth-order valence-electron chi connectivity index (χ4n) is 1.54. The second-order valence-electron chi connectivity index (χ2n) is 3.97. The molecule has 5 nitrogen and oxygen atoms in total. The van der Waals surface area contributed by atoms with E-state index in [0.717, 1.165) is 10.6 Å². The number of aromatic nitrogens is 2. The molecule has 2 aromatic rings. The molecular formula is C12H12N2O3S. The molecular weight excluding hydrogens is 252 g/mol. The molecule has 0 atom stereocenters. The normalized spacial score (nSPS) is 10.5. The van der Waals surface area contributed by atoms with E-state index in [1.807, 2.05) is 13.0 Å². The summed E-state index contributed by atoms with van der Waals surface area (Å²) < 4.78 is 1.55. The minimum absolute atomic E-state index is 0.0787. The molecule has 0 spiro atoms. The molecule has 0 aliphatic rings. The summed E-state index contributed by atoms with van der Waals surface area (Å²) in [6.07, 6.45) is 1.63. The number of nitrogens with zero attached hydrogens (tertiary/aromatic N) is 2. The Hall–Kier alpha value is -1.95. The molecule has 0 bridgehead atoms. The Morgan fingerprint density at radius 3 is 3.00 bits per heavy atom. The van der Waals surface area contributed by atoms with Gasteiger partial charge in [-0.15, -0.1) is 11.3 Å². The van der Waals surface area contributed by atoms with Gasteiger partial charge in [0.1, 0.15) is 5.01 Å². The Bertz CT molecular complexity index is 630. The Balaban J connectivity index is 2.16. The summed E-state index contributed by atoms with van der Waals surface area (Å²) in [6.45, 7) is 2.24. The first-order chi connectivity index (χ1) is 8.54. The highest BCUT2D eigenvalue weighted by atomic mass is 32.1. The van der Waals surface area contributed by atoms with E-state index in [1.54, 1.807) is 22.2 Å². The molecule has 0 aromatic carbocycles. The third-order valence-corrected chi connectivity index (χ3v) is 3.27. The van der Waals surface area contributed by atoms with E-state index >= 15 is 0 Å². The number of carboxylic acids is 1. The van der Waals surface area contributed by atoms with Crippen LogP contribution in [0.5, 0.6) is 0 Å². The quantitative estimate of drug-likeness (QED) is 0.903. The Labute approximate surface area is 107 Å². The van der Waals surface area contributed by atoms with Gasteiger partial charge in [-0.2, -0.15) is 0 Å². The Kier molecular flexibility index (Phi) is 3.57. The number of pyridine rings is 1. The highest BCUT2D eigenvalue weighted by Crippen LogP contribution is 2.11. The molecule has 2 rings (SSSR count). The van der Waals surface area contributed by atoms with Crippen molar-refractivity contribution in [1.82, 2.24) is 9.55 Å². The number of thiazole rings is 1. The third-order valence-electron chi connectivity index (χ3n) is 2.39. The fraction of sp³-hybridized carbons (Fsp3) is 0.250. The third kappa shape index (κ3) is 3.04. The first kappa shape index (κ1) is 12.5. The molecule has 0 saturated carbocycles. The topological polar surface area (TPSA) is 72.2 Å². The number of carbonyl (C=O) groups is 1. The second kappa shape index (κ2) is 5.14. The largest absolute Gasteiger partial charge is 0.481 e. The van der Waals surface area contributed by atoms with Crippen LogP contribution in [0.1, 0.15) is 16.3 Å². The summed E-state index contributed by atoms with van der Waals surface area (Å²) in [7, 11) is 0. The van der Waals surface area contributed by atoms with Gasteiger partial charge in [-0.25, -0.2) is 4.98 Å². The average Bonchev–Trinajstić information content (AvgIpc) is 2.69. The highest BCUT2D eigenvalue weighted by molar-refractivity contribution is 7.09. The lowest BCUT2D eigenvalue weighted by Crippen LogP contribution is -2.19. The molecule has 0 fully saturated rings. The molecule has 0 radical (unpaired) electrons. The monoisotopic (exact) mass is 264 g/mol. The standard InChI is InChI=1S/C12H12N2O3S/c1-8-2-3-14(11(15)4-8)6-10-13-9(7-18-10)5-12(16)17/h2-4,7H,5-6H2,1H3,(H,16,17). The molecule has 0 saturated heterocycles. The van der Waals surface area contributed by atoms with Crippen molar-refractivity contribution in [1.29, 1.82) is 0 Å². The predicted octanol–water partition coefficient (Wildman–Crippen LogP) is 1.29. The van der Waals surface area contributed by atoms with Crippen LogP contribution in [-0.4, -0.2) is 20.6 Å². The van der Waals surface area contributed by atoms with Crippen molar-refractivity contribution in [3.63, 3.8) is 0 Å². The highest BCUT2D eigenvalue weighted by Gasteiger charge is 2.07. The maximum Gasteiger partial charge on any atom is 0.309 e. The van der Waals surface area contributed by atoms with Crippen molar-refractivity contribution in [3.8, 4) is 0 Å². The van der Waals surface area contributed by atoms with Crippen LogP contribution in [0.25, 0.3) is 0 Å². The van der Waals surface area contributed by atoms with Crippen LogP contribution in [0.3, 0.4) is 0 Å². The van der Waals surface area contributed by atoms with Crippen molar-refractivity contribution in [3.05, 3.63) is 50.3 Å². The van der Waals surface area contributed by atoms with Gasteiger partial charge < -0.3 is 9.67 Å². The number of rotatable bonds is 4. The Morgan fingerprint density at radius 2 is 2.33 bits per heavy atom. The zero-order chi connectivity index (χ0) is 13.1. The van der Waals surface area contributed by atoms with Gasteiger partial charge in [0, 0.05) is 17.6 Å². The van der Waals surface area contributed by atoms with Gasteiger partial charge in [0.05, 0.1) is 18.7 Å². The Morgan fingerprint density at radius 1 is 1.56 bits per heavy atom. The zero-order valence-corrected chi connectivity index (χ0v) is 10.6. The van der Waals surface area contributed by atoms with Crippen molar-refractivity contribution >= 4 is 17.3 Å². The minimum Gasteiger partial charge on any atom is -0.481 e. The summed E-state index contributed by atoms with van der Waals surface area (Å²) in [5.74, 6) is -0.903. The molecule has 1 N–H and O–H groups in total. The zero-order valence-electron chi connectivity index (χ0n) is 9.79. The summed E-state index contributed by atoms with van der Waals surface area (Å²) in [6, 6.07) is 3.42. The lowest BCUT2D eigenvalue weighted by atomic mass is 10.3. The van der Waals surface area contributed by atoms with Gasteiger partial charge in [-0.1, -0.05) is 0 Å². The first-order valence-corrected chi connectivity index (χ1v) is 6.25. The second-order valence-corrected chi connectivity index (χ2v) is 4.92. The number of aryl methyl sites for hydroxylation is 1. The molecule has 2 heterocycles. The van der Waals surface area contributed by atoms with Crippen LogP contribution >= 0.6 is 11.3 Å². The van der Waals surface area contributed by atoms with Gasteiger partial charge in [0.15, 0.2) is 0 Å². The van der Waals surface area contributed by atoms with E-state index in [2.05, 4.69) is 4.98 Å². The van der Waals surface area contributed by atoms with Crippen LogP contribution in [0, 0.1) is 6.92 Å². The van der Waals surface area contributed by atoms with Gasteiger partial charge >= 0.3 is 5.97 Å². The van der Waals surface area contributed by atoms with Crippen LogP contribution in [0.2, 0.25) is 0 Å². The van der Waals surface area contributed by atoms with Crippen LogP contribution < -0.4 is 5.56 Å². The van der Waals surface area contributed by atoms with Crippen molar-refractivity contribution in [2.75, 3.05) is 0 Å². The lowest BCUT2D eigenvalue weighted by Gasteiger charge is -2.02. The number of hydrogen-bond donors (Lipinski definition) is 1. The number of hydrogen-bond acceptors (Lipinski definition) is 4. The van der Waals surface area contributed by atoms with E-state index in [-0.39, 0.29) is 12.0 Å². The van der Waals surface area contributed by atoms with E-state index in [4.69, 9.17) is 5.11 Å².